The van der Waals surface area contributed by atoms with Gasteiger partial charge in [-0.25, -0.2) is 4.39 Å². The highest BCUT2D eigenvalue weighted by atomic mass is 32.2. The summed E-state index contributed by atoms with van der Waals surface area (Å²) in [5, 5.41) is 2.88. The minimum atomic E-state index is -0.243. The Morgan fingerprint density at radius 2 is 1.76 bits per heavy atom. The molecule has 1 N–H and O–H groups in total. The van der Waals surface area contributed by atoms with Crippen LogP contribution in [0.15, 0.2) is 53.4 Å². The number of benzene rings is 2. The Labute approximate surface area is 128 Å². The number of aryl methyl sites for hydroxylation is 1. The van der Waals surface area contributed by atoms with E-state index in [0.717, 1.165) is 17.0 Å². The molecule has 0 heterocycles. The molecule has 0 aliphatic rings. The Morgan fingerprint density at radius 3 is 2.38 bits per heavy atom. The van der Waals surface area contributed by atoms with Gasteiger partial charge in [-0.2, -0.15) is 0 Å². The van der Waals surface area contributed by atoms with Gasteiger partial charge in [0.25, 0.3) is 0 Å². The molecule has 0 aliphatic carbocycles. The third-order valence-electron chi connectivity index (χ3n) is 3.06. The average molecular weight is 303 g/mol. The summed E-state index contributed by atoms with van der Waals surface area (Å²) in [4.78, 5) is 12.8. The van der Waals surface area contributed by atoms with E-state index in [2.05, 4.69) is 12.2 Å². The molecule has 0 saturated carbocycles. The van der Waals surface area contributed by atoms with Crippen molar-refractivity contribution in [3.05, 3.63) is 59.9 Å². The normalized spacial score (nSPS) is 10.4. The standard InChI is InChI=1S/C17H18FNOS/c1-2-13-3-7-15(8-4-13)19-17(20)11-12-21-16-9-5-14(18)6-10-16/h3-10H,2,11-12H2,1H3,(H,19,20). The molecule has 0 aromatic heterocycles. The highest BCUT2D eigenvalue weighted by molar-refractivity contribution is 7.99. The fourth-order valence-electron chi connectivity index (χ4n) is 1.84. The fraction of sp³-hybridized carbons (Fsp3) is 0.235. The number of rotatable bonds is 6. The number of anilines is 1. The summed E-state index contributed by atoms with van der Waals surface area (Å²) in [6.45, 7) is 2.10. The lowest BCUT2D eigenvalue weighted by molar-refractivity contribution is -0.115. The largest absolute Gasteiger partial charge is 0.326 e. The lowest BCUT2D eigenvalue weighted by Crippen LogP contribution is -2.12. The second-order valence-corrected chi connectivity index (χ2v) is 5.82. The van der Waals surface area contributed by atoms with E-state index in [4.69, 9.17) is 0 Å². The van der Waals surface area contributed by atoms with Gasteiger partial charge in [-0.15, -0.1) is 11.8 Å². The van der Waals surface area contributed by atoms with Crippen molar-refractivity contribution >= 4 is 23.4 Å². The summed E-state index contributed by atoms with van der Waals surface area (Å²) in [6.07, 6.45) is 1.42. The van der Waals surface area contributed by atoms with Crippen molar-refractivity contribution in [3.63, 3.8) is 0 Å². The van der Waals surface area contributed by atoms with Gasteiger partial charge < -0.3 is 5.32 Å². The fourth-order valence-corrected chi connectivity index (χ4v) is 2.69. The van der Waals surface area contributed by atoms with E-state index < -0.39 is 0 Å². The Bertz CT molecular complexity index is 581. The van der Waals surface area contributed by atoms with Crippen LogP contribution in [0.4, 0.5) is 10.1 Å². The lowest BCUT2D eigenvalue weighted by Gasteiger charge is -2.06. The Kier molecular flexibility index (Phi) is 5.81. The molecule has 0 bridgehead atoms. The molecule has 0 radical (unpaired) electrons. The lowest BCUT2D eigenvalue weighted by atomic mass is 10.1. The van der Waals surface area contributed by atoms with Gasteiger partial charge >= 0.3 is 0 Å². The van der Waals surface area contributed by atoms with Crippen molar-refractivity contribution in [3.8, 4) is 0 Å². The molecule has 0 unspecified atom stereocenters. The number of nitrogens with one attached hydrogen (secondary N) is 1. The van der Waals surface area contributed by atoms with E-state index in [-0.39, 0.29) is 11.7 Å². The summed E-state index contributed by atoms with van der Waals surface area (Å²) < 4.78 is 12.8. The Hall–Kier alpha value is -1.81. The summed E-state index contributed by atoms with van der Waals surface area (Å²) in [5.74, 6) is 0.423. The molecule has 2 aromatic carbocycles. The topological polar surface area (TPSA) is 29.1 Å². The van der Waals surface area contributed by atoms with E-state index in [0.29, 0.717) is 12.2 Å². The summed E-state index contributed by atoms with van der Waals surface area (Å²) in [7, 11) is 0. The van der Waals surface area contributed by atoms with Crippen molar-refractivity contribution < 1.29 is 9.18 Å². The minimum Gasteiger partial charge on any atom is -0.326 e. The predicted octanol–water partition coefficient (Wildman–Crippen LogP) is 4.51. The molecule has 110 valence electrons. The van der Waals surface area contributed by atoms with Gasteiger partial charge in [-0.3, -0.25) is 4.79 Å². The van der Waals surface area contributed by atoms with E-state index in [1.54, 1.807) is 23.9 Å². The number of hydrogen-bond acceptors (Lipinski definition) is 2. The van der Waals surface area contributed by atoms with Crippen LogP contribution in [0.3, 0.4) is 0 Å². The van der Waals surface area contributed by atoms with E-state index in [1.807, 2.05) is 24.3 Å². The van der Waals surface area contributed by atoms with Gasteiger partial charge in [0.2, 0.25) is 5.91 Å². The van der Waals surface area contributed by atoms with Crippen LogP contribution < -0.4 is 5.32 Å². The number of carbonyl (C=O) groups excluding carboxylic acids is 1. The second kappa shape index (κ2) is 7.84. The van der Waals surface area contributed by atoms with Crippen LogP contribution in [-0.4, -0.2) is 11.7 Å². The molecule has 0 aliphatic heterocycles. The number of hydrogen-bond donors (Lipinski definition) is 1. The molecule has 21 heavy (non-hydrogen) atoms. The van der Waals surface area contributed by atoms with Crippen molar-refractivity contribution in [2.75, 3.05) is 11.1 Å². The zero-order valence-electron chi connectivity index (χ0n) is 11.9. The monoisotopic (exact) mass is 303 g/mol. The first-order valence-corrected chi connectivity index (χ1v) is 7.93. The van der Waals surface area contributed by atoms with Crippen LogP contribution in [0, 0.1) is 5.82 Å². The molecule has 0 saturated heterocycles. The SMILES string of the molecule is CCc1ccc(NC(=O)CCSc2ccc(F)cc2)cc1. The van der Waals surface area contributed by atoms with Gasteiger partial charge in [0, 0.05) is 22.8 Å². The summed E-state index contributed by atoms with van der Waals surface area (Å²) >= 11 is 1.55. The highest BCUT2D eigenvalue weighted by Crippen LogP contribution is 2.19. The molecule has 0 atom stereocenters. The van der Waals surface area contributed by atoms with Gasteiger partial charge in [0.15, 0.2) is 0 Å². The van der Waals surface area contributed by atoms with E-state index >= 15 is 0 Å². The van der Waals surface area contributed by atoms with Crippen LogP contribution in [0.1, 0.15) is 18.9 Å². The number of carbonyl (C=O) groups is 1. The van der Waals surface area contributed by atoms with Crippen LogP contribution in [-0.2, 0) is 11.2 Å². The highest BCUT2D eigenvalue weighted by Gasteiger charge is 2.03. The van der Waals surface area contributed by atoms with Gasteiger partial charge in [0.1, 0.15) is 5.82 Å². The van der Waals surface area contributed by atoms with Crippen molar-refractivity contribution in [2.24, 2.45) is 0 Å². The molecule has 0 spiro atoms. The number of amides is 1. The average Bonchev–Trinajstić information content (AvgIpc) is 2.50. The van der Waals surface area contributed by atoms with Crippen molar-refractivity contribution in [1.29, 1.82) is 0 Å². The first-order valence-electron chi connectivity index (χ1n) is 6.94. The first-order chi connectivity index (χ1) is 10.2. The minimum absolute atomic E-state index is 0.00569. The second-order valence-electron chi connectivity index (χ2n) is 4.65. The van der Waals surface area contributed by atoms with Crippen molar-refractivity contribution in [2.45, 2.75) is 24.7 Å². The van der Waals surface area contributed by atoms with E-state index in [9.17, 15) is 9.18 Å². The molecule has 2 aromatic rings. The van der Waals surface area contributed by atoms with Gasteiger partial charge in [-0.05, 0) is 48.4 Å². The predicted molar refractivity (Wildman–Crippen MR) is 86.2 cm³/mol. The first kappa shape index (κ1) is 15.6. The molecule has 1 amide bonds. The van der Waals surface area contributed by atoms with E-state index in [1.165, 1.54) is 17.7 Å². The summed E-state index contributed by atoms with van der Waals surface area (Å²) in [6, 6.07) is 14.2. The van der Waals surface area contributed by atoms with Gasteiger partial charge in [0.05, 0.1) is 0 Å². The molecule has 4 heteroatoms. The maximum Gasteiger partial charge on any atom is 0.225 e. The third-order valence-corrected chi connectivity index (χ3v) is 4.07. The van der Waals surface area contributed by atoms with Crippen LogP contribution in [0.25, 0.3) is 0 Å². The van der Waals surface area contributed by atoms with Crippen molar-refractivity contribution in [1.82, 2.24) is 0 Å². The maximum atomic E-state index is 12.8. The smallest absolute Gasteiger partial charge is 0.225 e. The molecule has 0 fully saturated rings. The number of thioether (sulfide) groups is 1. The zero-order chi connectivity index (χ0) is 15.1. The summed E-state index contributed by atoms with van der Waals surface area (Å²) in [5.41, 5.74) is 2.07. The number of halogens is 1. The quantitative estimate of drug-likeness (QED) is 0.796. The third kappa shape index (κ3) is 5.23. The maximum absolute atomic E-state index is 12.8. The van der Waals surface area contributed by atoms with Gasteiger partial charge in [-0.1, -0.05) is 19.1 Å². The molecule has 2 rings (SSSR count). The van der Waals surface area contributed by atoms with Crippen LogP contribution >= 0.6 is 11.8 Å². The molecular weight excluding hydrogens is 285 g/mol. The molecule has 2 nitrogen and oxygen atoms in total. The van der Waals surface area contributed by atoms with Crippen LogP contribution in [0.5, 0.6) is 0 Å². The van der Waals surface area contributed by atoms with Crippen LogP contribution in [0.2, 0.25) is 0 Å². The Morgan fingerprint density at radius 1 is 1.10 bits per heavy atom. The molecular formula is C17H18FNOS. The Balaban J connectivity index is 1.75. The zero-order valence-corrected chi connectivity index (χ0v) is 12.8.